The highest BCUT2D eigenvalue weighted by Crippen LogP contribution is 2.31. The lowest BCUT2D eigenvalue weighted by Gasteiger charge is -2.07. The van der Waals surface area contributed by atoms with Gasteiger partial charge in [-0.15, -0.1) is 0 Å². The van der Waals surface area contributed by atoms with E-state index in [4.69, 9.17) is 0 Å². The monoisotopic (exact) mass is 283 g/mol. The van der Waals surface area contributed by atoms with Crippen LogP contribution in [-0.4, -0.2) is 26.0 Å². The molecular weight excluding hydrogens is 274 g/mol. The number of aromatic nitrogens is 3. The summed E-state index contributed by atoms with van der Waals surface area (Å²) in [7, 11) is 0. The minimum Gasteiger partial charge on any atom is -0.478 e. The van der Waals surface area contributed by atoms with E-state index in [0.29, 0.717) is 15.4 Å². The van der Waals surface area contributed by atoms with E-state index in [1.807, 2.05) is 18.2 Å². The average Bonchev–Trinajstić information content (AvgIpc) is 2.48. The maximum atomic E-state index is 11.2. The van der Waals surface area contributed by atoms with E-state index < -0.39 is 5.97 Å². The SMILES string of the molecule is O=C(O)c1cnc(Sc2cnccn2)c2ccccc12. The first-order valence-corrected chi connectivity index (χ1v) is 6.62. The van der Waals surface area contributed by atoms with Crippen molar-refractivity contribution in [3.05, 3.63) is 54.6 Å². The highest BCUT2D eigenvalue weighted by Gasteiger charge is 2.13. The fraction of sp³-hybridized carbons (Fsp3) is 0. The van der Waals surface area contributed by atoms with Crippen LogP contribution >= 0.6 is 11.8 Å². The summed E-state index contributed by atoms with van der Waals surface area (Å²) in [6.07, 6.45) is 6.23. The zero-order valence-electron chi connectivity index (χ0n) is 10.2. The number of carbonyl (C=O) groups is 1. The second-order valence-electron chi connectivity index (χ2n) is 3.97. The number of hydrogen-bond acceptors (Lipinski definition) is 5. The van der Waals surface area contributed by atoms with E-state index in [1.54, 1.807) is 24.7 Å². The maximum Gasteiger partial charge on any atom is 0.337 e. The molecule has 98 valence electrons. The molecule has 3 aromatic rings. The topological polar surface area (TPSA) is 76.0 Å². The molecule has 5 nitrogen and oxygen atoms in total. The fourth-order valence-electron chi connectivity index (χ4n) is 1.86. The first kappa shape index (κ1) is 12.6. The number of rotatable bonds is 3. The van der Waals surface area contributed by atoms with Gasteiger partial charge in [0.25, 0.3) is 0 Å². The van der Waals surface area contributed by atoms with Gasteiger partial charge in [0.15, 0.2) is 0 Å². The quantitative estimate of drug-likeness (QED) is 0.796. The number of pyridine rings is 1. The molecule has 0 atom stereocenters. The summed E-state index contributed by atoms with van der Waals surface area (Å²) in [5, 5.41) is 12.1. The minimum atomic E-state index is -0.982. The van der Waals surface area contributed by atoms with Crippen LogP contribution in [0.2, 0.25) is 0 Å². The largest absolute Gasteiger partial charge is 0.478 e. The molecule has 0 amide bonds. The van der Waals surface area contributed by atoms with Gasteiger partial charge in [0, 0.05) is 29.4 Å². The molecular formula is C14H9N3O2S. The summed E-state index contributed by atoms with van der Waals surface area (Å²) in [6, 6.07) is 7.30. The third-order valence-corrected chi connectivity index (χ3v) is 3.67. The molecule has 2 aromatic heterocycles. The molecule has 0 unspecified atom stereocenters. The smallest absolute Gasteiger partial charge is 0.337 e. The summed E-state index contributed by atoms with van der Waals surface area (Å²) in [6.45, 7) is 0. The Balaban J connectivity index is 2.13. The van der Waals surface area contributed by atoms with Crippen LogP contribution in [0.25, 0.3) is 10.8 Å². The van der Waals surface area contributed by atoms with Crippen LogP contribution in [0.4, 0.5) is 0 Å². The minimum absolute atomic E-state index is 0.198. The van der Waals surface area contributed by atoms with Crippen LogP contribution in [0.3, 0.4) is 0 Å². The van der Waals surface area contributed by atoms with Gasteiger partial charge in [-0.3, -0.25) is 4.98 Å². The van der Waals surface area contributed by atoms with E-state index in [-0.39, 0.29) is 5.56 Å². The van der Waals surface area contributed by atoms with Gasteiger partial charge in [0.1, 0.15) is 10.1 Å². The number of hydrogen-bond donors (Lipinski definition) is 1. The van der Waals surface area contributed by atoms with Crippen molar-refractivity contribution in [3.8, 4) is 0 Å². The summed E-state index contributed by atoms with van der Waals surface area (Å²) < 4.78 is 0. The second-order valence-corrected chi connectivity index (χ2v) is 4.98. The lowest BCUT2D eigenvalue weighted by molar-refractivity contribution is 0.0698. The molecule has 20 heavy (non-hydrogen) atoms. The van der Waals surface area contributed by atoms with Crippen LogP contribution in [0.1, 0.15) is 10.4 Å². The van der Waals surface area contributed by atoms with Crippen molar-refractivity contribution in [1.29, 1.82) is 0 Å². The van der Waals surface area contributed by atoms with Crippen molar-refractivity contribution in [2.75, 3.05) is 0 Å². The summed E-state index contributed by atoms with van der Waals surface area (Å²) >= 11 is 1.36. The Hall–Kier alpha value is -2.47. The highest BCUT2D eigenvalue weighted by molar-refractivity contribution is 7.99. The Morgan fingerprint density at radius 1 is 1.05 bits per heavy atom. The van der Waals surface area contributed by atoms with Gasteiger partial charge in [-0.25, -0.2) is 14.8 Å². The van der Waals surface area contributed by atoms with Crippen LogP contribution in [0, 0.1) is 0 Å². The Morgan fingerprint density at radius 3 is 2.55 bits per heavy atom. The van der Waals surface area contributed by atoms with Crippen LogP contribution < -0.4 is 0 Å². The van der Waals surface area contributed by atoms with Crippen LogP contribution in [0.15, 0.2) is 59.1 Å². The summed E-state index contributed by atoms with van der Waals surface area (Å²) in [5.74, 6) is -0.982. The van der Waals surface area contributed by atoms with E-state index >= 15 is 0 Å². The van der Waals surface area contributed by atoms with Crippen molar-refractivity contribution < 1.29 is 9.90 Å². The molecule has 0 saturated carbocycles. The lowest BCUT2D eigenvalue weighted by atomic mass is 10.1. The second kappa shape index (κ2) is 5.26. The molecule has 1 aromatic carbocycles. The van der Waals surface area contributed by atoms with E-state index in [0.717, 1.165) is 5.39 Å². The predicted octanol–water partition coefficient (Wildman–Crippen LogP) is 2.87. The molecule has 6 heteroatoms. The molecule has 0 saturated heterocycles. The number of aromatic carboxylic acids is 1. The molecule has 3 rings (SSSR count). The number of fused-ring (bicyclic) bond motifs is 1. The zero-order chi connectivity index (χ0) is 13.9. The summed E-state index contributed by atoms with van der Waals surface area (Å²) in [4.78, 5) is 23.6. The van der Waals surface area contributed by atoms with Gasteiger partial charge in [-0.1, -0.05) is 24.3 Å². The number of benzene rings is 1. The molecule has 0 fully saturated rings. The van der Waals surface area contributed by atoms with E-state index in [1.165, 1.54) is 18.0 Å². The van der Waals surface area contributed by atoms with Gasteiger partial charge in [0.2, 0.25) is 0 Å². The van der Waals surface area contributed by atoms with Crippen LogP contribution in [-0.2, 0) is 0 Å². The van der Waals surface area contributed by atoms with Gasteiger partial charge >= 0.3 is 5.97 Å². The normalized spacial score (nSPS) is 10.6. The predicted molar refractivity (Wildman–Crippen MR) is 74.9 cm³/mol. The van der Waals surface area contributed by atoms with Gasteiger partial charge in [-0.2, -0.15) is 0 Å². The third-order valence-electron chi connectivity index (χ3n) is 2.73. The van der Waals surface area contributed by atoms with Crippen molar-refractivity contribution >= 4 is 28.5 Å². The molecule has 0 aliphatic rings. The fourth-order valence-corrected chi connectivity index (χ4v) is 2.67. The first-order chi connectivity index (χ1) is 9.75. The molecule has 0 spiro atoms. The van der Waals surface area contributed by atoms with Gasteiger partial charge in [0.05, 0.1) is 11.8 Å². The van der Waals surface area contributed by atoms with Crippen molar-refractivity contribution in [1.82, 2.24) is 15.0 Å². The Bertz CT molecular complexity index is 778. The van der Waals surface area contributed by atoms with Crippen LogP contribution in [0.5, 0.6) is 0 Å². The molecule has 2 heterocycles. The summed E-state index contributed by atoms with van der Waals surface area (Å²) in [5.41, 5.74) is 0.198. The Morgan fingerprint density at radius 2 is 1.85 bits per heavy atom. The van der Waals surface area contributed by atoms with Gasteiger partial charge in [-0.05, 0) is 11.8 Å². The van der Waals surface area contributed by atoms with Gasteiger partial charge < -0.3 is 5.11 Å². The number of carboxylic acids is 1. The maximum absolute atomic E-state index is 11.2. The third kappa shape index (κ3) is 2.33. The van der Waals surface area contributed by atoms with Crippen molar-refractivity contribution in [3.63, 3.8) is 0 Å². The van der Waals surface area contributed by atoms with E-state index in [9.17, 15) is 9.90 Å². The Kier molecular flexibility index (Phi) is 3.30. The first-order valence-electron chi connectivity index (χ1n) is 5.80. The number of carboxylic acid groups (broad SMARTS) is 1. The molecule has 0 radical (unpaired) electrons. The molecule has 1 N–H and O–H groups in total. The number of nitrogens with zero attached hydrogens (tertiary/aromatic N) is 3. The van der Waals surface area contributed by atoms with E-state index in [2.05, 4.69) is 15.0 Å². The lowest BCUT2D eigenvalue weighted by Crippen LogP contribution is -1.99. The highest BCUT2D eigenvalue weighted by atomic mass is 32.2. The molecule has 0 aliphatic carbocycles. The van der Waals surface area contributed by atoms with Crippen molar-refractivity contribution in [2.45, 2.75) is 10.1 Å². The average molecular weight is 283 g/mol. The molecule has 0 aliphatic heterocycles. The molecule has 0 bridgehead atoms. The Labute approximate surface area is 118 Å². The zero-order valence-corrected chi connectivity index (χ0v) is 11.0. The van der Waals surface area contributed by atoms with Crippen molar-refractivity contribution in [2.24, 2.45) is 0 Å². The standard InChI is InChI=1S/C14H9N3O2S/c18-14(19)11-7-17-13(10-4-2-1-3-9(10)11)20-12-8-15-5-6-16-12/h1-8H,(H,18,19).